The van der Waals surface area contributed by atoms with Gasteiger partial charge in [-0.3, -0.25) is 4.99 Å². The first kappa shape index (κ1) is 34.5. The number of aromatic nitrogens is 2. The first-order valence-corrected chi connectivity index (χ1v) is 21.1. The Balaban J connectivity index is 0.988. The summed E-state index contributed by atoms with van der Waals surface area (Å²) in [6.45, 7) is 2.29. The van der Waals surface area contributed by atoms with Gasteiger partial charge in [0.05, 0.1) is 27.8 Å². The van der Waals surface area contributed by atoms with E-state index in [1.54, 1.807) is 0 Å². The van der Waals surface area contributed by atoms with Gasteiger partial charge in [-0.25, -0.2) is 0 Å². The molecule has 3 heteroatoms. The second-order valence-electron chi connectivity index (χ2n) is 16.1. The van der Waals surface area contributed by atoms with Crippen molar-refractivity contribution in [3.8, 4) is 22.5 Å². The monoisotopic (exact) mass is 767 g/mol. The van der Waals surface area contributed by atoms with E-state index >= 15 is 0 Å². The number of para-hydroxylation sites is 2. The predicted octanol–water partition coefficient (Wildman–Crippen LogP) is 14.8. The maximum Gasteiger partial charge on any atom is 0.0783 e. The molecule has 1 aliphatic carbocycles. The van der Waals surface area contributed by atoms with Gasteiger partial charge in [-0.05, 0) is 107 Å². The largest absolute Gasteiger partial charge is 0.309 e. The van der Waals surface area contributed by atoms with Crippen LogP contribution in [0, 0.1) is 5.92 Å². The van der Waals surface area contributed by atoms with Gasteiger partial charge in [0.1, 0.15) is 0 Å². The summed E-state index contributed by atoms with van der Waals surface area (Å²) in [4.78, 5) is 5.39. The second kappa shape index (κ2) is 13.8. The number of nitrogens with zero attached hydrogens (tertiary/aromatic N) is 3. The minimum Gasteiger partial charge on any atom is -0.309 e. The fourth-order valence-electron chi connectivity index (χ4n) is 10.1. The zero-order valence-corrected chi connectivity index (χ0v) is 33.4. The standard InChI is InChI=1S/C57H41N3/c1-2-44-46-21-11-13-23-50(46)58-57(55(44)38-16-5-3-6-17-38)39-25-30-43(31-26-39)59-51-24-14-12-22-47(51)48-35-40(28-32-52(48)59)41-29-33-53-49(36-41)56-45-20-10-9-15-37(45)27-34-54(56)60(53)42-18-7-4-8-19-42/h3-20,22-36,46H,2,21H2,1H3. The Hall–Kier alpha value is -7.49. The Morgan fingerprint density at radius 3 is 1.88 bits per heavy atom. The molecule has 60 heavy (non-hydrogen) atoms. The molecule has 0 radical (unpaired) electrons. The Bertz CT molecular complexity index is 3460. The number of fused-ring (bicyclic) bond motifs is 9. The normalized spacial score (nSPS) is 15.3. The molecule has 1 unspecified atom stereocenters. The van der Waals surface area contributed by atoms with Crippen LogP contribution in [-0.2, 0) is 0 Å². The van der Waals surface area contributed by atoms with Crippen LogP contribution in [0.3, 0.4) is 0 Å². The summed E-state index contributed by atoms with van der Waals surface area (Å²) in [5.41, 5.74) is 16.9. The minimum absolute atomic E-state index is 0.331. The first-order valence-electron chi connectivity index (χ1n) is 21.1. The van der Waals surface area contributed by atoms with Gasteiger partial charge in [-0.1, -0.05) is 146 Å². The third-order valence-electron chi connectivity index (χ3n) is 12.9. The van der Waals surface area contributed by atoms with E-state index in [1.807, 2.05) is 0 Å². The van der Waals surface area contributed by atoms with Crippen LogP contribution in [-0.4, -0.2) is 14.8 Å². The zero-order valence-electron chi connectivity index (χ0n) is 33.4. The van der Waals surface area contributed by atoms with Crippen molar-refractivity contribution in [1.29, 1.82) is 0 Å². The summed E-state index contributed by atoms with van der Waals surface area (Å²) in [6, 6.07) is 66.8. The van der Waals surface area contributed by atoms with Gasteiger partial charge in [-0.2, -0.15) is 0 Å². The van der Waals surface area contributed by atoms with Crippen LogP contribution in [0.25, 0.3) is 82.5 Å². The molecule has 8 aromatic carbocycles. The highest BCUT2D eigenvalue weighted by molar-refractivity contribution is 6.33. The molecule has 0 amide bonds. The number of hydrogen-bond acceptors (Lipinski definition) is 1. The lowest BCUT2D eigenvalue weighted by molar-refractivity contribution is 0.679. The third kappa shape index (κ3) is 5.32. The SMILES string of the molecule is CCC1=C(c2ccccc2)C(c2ccc(-n3c4ccccc4c4cc(-c5ccc6c(c5)c5c7ccccc7ccc5n6-c5ccccc5)ccc43)cc2)=NC2=CC=CCC21. The average molecular weight is 768 g/mol. The summed E-state index contributed by atoms with van der Waals surface area (Å²) < 4.78 is 4.83. The topological polar surface area (TPSA) is 22.2 Å². The number of dihydropyridines is 1. The van der Waals surface area contributed by atoms with E-state index in [0.29, 0.717) is 5.92 Å². The Morgan fingerprint density at radius 1 is 0.500 bits per heavy atom. The second-order valence-corrected chi connectivity index (χ2v) is 16.1. The molecule has 3 nitrogen and oxygen atoms in total. The van der Waals surface area contributed by atoms with Crippen LogP contribution in [0.1, 0.15) is 30.9 Å². The summed E-state index contributed by atoms with van der Waals surface area (Å²) in [5, 5.41) is 7.56. The fraction of sp³-hybridized carbons (Fsp3) is 0.0702. The molecule has 3 heterocycles. The van der Waals surface area contributed by atoms with Gasteiger partial charge < -0.3 is 9.13 Å². The molecule has 0 N–H and O–H groups in total. The highest BCUT2D eigenvalue weighted by Crippen LogP contribution is 2.43. The van der Waals surface area contributed by atoms with Crippen molar-refractivity contribution in [2.45, 2.75) is 19.8 Å². The van der Waals surface area contributed by atoms with Crippen LogP contribution in [0.2, 0.25) is 0 Å². The number of aliphatic imine (C=N–C) groups is 1. The van der Waals surface area contributed by atoms with E-state index in [-0.39, 0.29) is 0 Å². The number of rotatable bonds is 6. The zero-order chi connectivity index (χ0) is 39.7. The molecule has 284 valence electrons. The molecular weight excluding hydrogens is 727 g/mol. The van der Waals surface area contributed by atoms with Crippen molar-refractivity contribution < 1.29 is 0 Å². The molecular formula is C57H41N3. The third-order valence-corrected chi connectivity index (χ3v) is 12.9. The molecule has 0 saturated heterocycles. The van der Waals surface area contributed by atoms with E-state index in [9.17, 15) is 0 Å². The predicted molar refractivity (Wildman–Crippen MR) is 254 cm³/mol. The fourth-order valence-corrected chi connectivity index (χ4v) is 10.1. The van der Waals surface area contributed by atoms with E-state index < -0.39 is 0 Å². The van der Waals surface area contributed by atoms with Gasteiger partial charge in [-0.15, -0.1) is 0 Å². The molecule has 10 aromatic rings. The lowest BCUT2D eigenvalue weighted by atomic mass is 9.78. The molecule has 0 bridgehead atoms. The molecule has 0 spiro atoms. The molecule has 2 aromatic heterocycles. The van der Waals surface area contributed by atoms with Crippen LogP contribution in [0.15, 0.2) is 216 Å². The maximum absolute atomic E-state index is 5.39. The average Bonchev–Trinajstić information content (AvgIpc) is 3.84. The summed E-state index contributed by atoms with van der Waals surface area (Å²) in [5.74, 6) is 0.331. The Labute approximate surface area is 349 Å². The van der Waals surface area contributed by atoms with E-state index in [1.165, 1.54) is 93.6 Å². The van der Waals surface area contributed by atoms with Crippen LogP contribution in [0.4, 0.5) is 0 Å². The van der Waals surface area contributed by atoms with Crippen molar-refractivity contribution in [1.82, 2.24) is 9.13 Å². The lowest BCUT2D eigenvalue weighted by Gasteiger charge is -2.31. The Morgan fingerprint density at radius 2 is 1.10 bits per heavy atom. The summed E-state index contributed by atoms with van der Waals surface area (Å²) >= 11 is 0. The number of benzene rings is 8. The molecule has 1 atom stereocenters. The van der Waals surface area contributed by atoms with Crippen molar-refractivity contribution in [3.63, 3.8) is 0 Å². The van der Waals surface area contributed by atoms with Gasteiger partial charge in [0.15, 0.2) is 0 Å². The summed E-state index contributed by atoms with van der Waals surface area (Å²) in [6.07, 6.45) is 8.64. The van der Waals surface area contributed by atoms with Gasteiger partial charge in [0, 0.05) is 55.7 Å². The van der Waals surface area contributed by atoms with E-state index in [0.717, 1.165) is 29.8 Å². The van der Waals surface area contributed by atoms with Crippen molar-refractivity contribution in [2.75, 3.05) is 0 Å². The van der Waals surface area contributed by atoms with Crippen molar-refractivity contribution in [2.24, 2.45) is 10.9 Å². The molecule has 2 aliphatic rings. The van der Waals surface area contributed by atoms with Gasteiger partial charge in [0.2, 0.25) is 0 Å². The molecule has 0 saturated carbocycles. The minimum atomic E-state index is 0.331. The number of hydrogen-bond donors (Lipinski definition) is 0. The molecule has 1 aliphatic heterocycles. The van der Waals surface area contributed by atoms with E-state index in [2.05, 4.69) is 216 Å². The summed E-state index contributed by atoms with van der Waals surface area (Å²) in [7, 11) is 0. The highest BCUT2D eigenvalue weighted by Gasteiger charge is 2.30. The molecule has 12 rings (SSSR count). The quantitative estimate of drug-likeness (QED) is 0.161. The van der Waals surface area contributed by atoms with E-state index in [4.69, 9.17) is 4.99 Å². The van der Waals surface area contributed by atoms with Gasteiger partial charge >= 0.3 is 0 Å². The lowest BCUT2D eigenvalue weighted by Crippen LogP contribution is -2.20. The number of allylic oxidation sites excluding steroid dienone is 5. The highest BCUT2D eigenvalue weighted by atomic mass is 15.0. The van der Waals surface area contributed by atoms with Gasteiger partial charge in [0.25, 0.3) is 0 Å². The van der Waals surface area contributed by atoms with Crippen LogP contribution < -0.4 is 0 Å². The van der Waals surface area contributed by atoms with Crippen molar-refractivity contribution in [3.05, 3.63) is 223 Å². The maximum atomic E-state index is 5.39. The van der Waals surface area contributed by atoms with Crippen LogP contribution >= 0.6 is 0 Å². The molecule has 0 fully saturated rings. The Kier molecular flexibility index (Phi) is 7.96. The van der Waals surface area contributed by atoms with Crippen LogP contribution in [0.5, 0.6) is 0 Å². The van der Waals surface area contributed by atoms with Crippen molar-refractivity contribution >= 4 is 65.7 Å². The first-order chi connectivity index (χ1) is 29.7. The smallest absolute Gasteiger partial charge is 0.0783 e.